The summed E-state index contributed by atoms with van der Waals surface area (Å²) in [5, 5.41) is 16.6. The lowest BCUT2D eigenvalue weighted by atomic mass is 9.82. The largest absolute Gasteiger partial charge is 0.309 e. The molecule has 402 valence electrons. The van der Waals surface area contributed by atoms with Gasteiger partial charge < -0.3 is 4.57 Å². The standard InChI is InChI=1S/C64H56N4.C8H10.2C2H6/c1-5-6-8-18-44(3)60-45(4)19-13-30-56(60)50-25-14-26-51(39-50)57-31-17-32-58-61-55-29-12-11-20-46(55)35-38-59(61)68(62(57)58)54-28-16-24-49(41-54)48-23-15-27-53(40-48)64(52-36-33-43(2)34-37-52)66-42-65-63(67-64)47-21-9-7-10-22-47;1-2-8-6-4-3-5-7-8;2*1-2/h5-24,26-41,50,63,65-67H,3,25,42H2,1-2,4H3;3-7H,2H2,1H3;2*1-2H3/b6-5-,18-8-;;;. The van der Waals surface area contributed by atoms with Crippen molar-refractivity contribution in [3.05, 3.63) is 305 Å². The van der Waals surface area contributed by atoms with Gasteiger partial charge in [-0.15, -0.1) is 0 Å². The van der Waals surface area contributed by atoms with E-state index in [1.54, 1.807) is 0 Å². The van der Waals surface area contributed by atoms with E-state index < -0.39 is 5.66 Å². The van der Waals surface area contributed by atoms with Crippen molar-refractivity contribution in [3.8, 4) is 16.8 Å². The quantitative estimate of drug-likeness (QED) is 0.113. The van der Waals surface area contributed by atoms with Crippen LogP contribution in [0.1, 0.15) is 110 Å². The third kappa shape index (κ3) is 11.8. The van der Waals surface area contributed by atoms with Gasteiger partial charge in [-0.3, -0.25) is 16.0 Å². The molecule has 0 amide bonds. The van der Waals surface area contributed by atoms with Gasteiger partial charge in [-0.1, -0.05) is 271 Å². The first-order chi connectivity index (χ1) is 39.3. The van der Waals surface area contributed by atoms with Gasteiger partial charge in [0.25, 0.3) is 0 Å². The minimum absolute atomic E-state index is 0.0561. The SMILES string of the molecule is C=C(/C=C\C=C/C)c1c(C)cccc1C1C=C(c2cccc3c4c5ccccc5ccc4n(-c4cccc(-c5cccc(C6(c7ccc(C)cc7)NCNC(c7ccccc7)N6)c5)c4)c23)C=CC1.CC.CC.CCc1ccccc1. The number of aromatic nitrogens is 1. The second kappa shape index (κ2) is 26.5. The summed E-state index contributed by atoms with van der Waals surface area (Å²) in [6.07, 6.45) is 17.5. The highest BCUT2D eigenvalue weighted by Crippen LogP contribution is 2.44. The fraction of sp³-hybridized carbons (Fsp3) is 0.184. The molecular formula is C76H78N4. The van der Waals surface area contributed by atoms with E-state index in [9.17, 15) is 0 Å². The van der Waals surface area contributed by atoms with E-state index >= 15 is 0 Å². The zero-order valence-electron chi connectivity index (χ0n) is 48.1. The molecule has 0 saturated carbocycles. The van der Waals surface area contributed by atoms with Crippen LogP contribution >= 0.6 is 0 Å². The molecule has 9 aromatic carbocycles. The monoisotopic (exact) mass is 1050 g/mol. The Balaban J connectivity index is 0.000000584. The Bertz CT molecular complexity index is 3840. The van der Waals surface area contributed by atoms with E-state index in [-0.39, 0.29) is 12.1 Å². The lowest BCUT2D eigenvalue weighted by molar-refractivity contribution is 0.192. The van der Waals surface area contributed by atoms with Gasteiger partial charge in [0.15, 0.2) is 0 Å². The van der Waals surface area contributed by atoms with E-state index in [4.69, 9.17) is 0 Å². The molecule has 3 atom stereocenters. The van der Waals surface area contributed by atoms with Crippen molar-refractivity contribution in [1.29, 1.82) is 0 Å². The van der Waals surface area contributed by atoms with Crippen LogP contribution in [0.4, 0.5) is 0 Å². The summed E-state index contributed by atoms with van der Waals surface area (Å²) in [4.78, 5) is 0. The molecule has 4 heteroatoms. The van der Waals surface area contributed by atoms with Crippen molar-refractivity contribution in [3.63, 3.8) is 0 Å². The predicted molar refractivity (Wildman–Crippen MR) is 346 cm³/mol. The first kappa shape index (κ1) is 56.3. The Morgan fingerprint density at radius 1 is 0.662 bits per heavy atom. The maximum absolute atomic E-state index is 4.55. The molecule has 0 spiro atoms. The van der Waals surface area contributed by atoms with Gasteiger partial charge in [0.2, 0.25) is 0 Å². The molecule has 0 radical (unpaired) electrons. The first-order valence-corrected chi connectivity index (χ1v) is 28.9. The number of benzene rings is 9. The molecule has 3 unspecified atom stereocenters. The average Bonchev–Trinajstić information content (AvgIpc) is 3.93. The Labute approximate surface area is 476 Å². The highest BCUT2D eigenvalue weighted by atomic mass is 15.4. The molecule has 10 aromatic rings. The van der Waals surface area contributed by atoms with Crippen LogP contribution in [-0.2, 0) is 12.1 Å². The van der Waals surface area contributed by atoms with Crippen LogP contribution in [0.3, 0.4) is 0 Å². The van der Waals surface area contributed by atoms with Gasteiger partial charge in [0, 0.05) is 34.6 Å². The van der Waals surface area contributed by atoms with Crippen molar-refractivity contribution in [2.45, 2.75) is 86.0 Å². The average molecular weight is 1050 g/mol. The lowest BCUT2D eigenvalue weighted by Gasteiger charge is -2.45. The van der Waals surface area contributed by atoms with Gasteiger partial charge in [0.1, 0.15) is 5.66 Å². The summed E-state index contributed by atoms with van der Waals surface area (Å²) < 4.78 is 2.51. The molecule has 0 bridgehead atoms. The Hall–Kier alpha value is -8.38. The number of hydrogen-bond donors (Lipinski definition) is 3. The Morgan fingerprint density at radius 2 is 1.35 bits per heavy atom. The van der Waals surface area contributed by atoms with E-state index in [1.165, 1.54) is 82.7 Å². The molecule has 2 heterocycles. The van der Waals surface area contributed by atoms with Crippen molar-refractivity contribution in [2.75, 3.05) is 6.67 Å². The number of nitrogens with zero attached hydrogens (tertiary/aromatic N) is 1. The number of hydrogen-bond acceptors (Lipinski definition) is 3. The molecular weight excluding hydrogens is 969 g/mol. The predicted octanol–water partition coefficient (Wildman–Crippen LogP) is 19.4. The van der Waals surface area contributed by atoms with Crippen LogP contribution in [0.5, 0.6) is 0 Å². The second-order valence-electron chi connectivity index (χ2n) is 20.2. The van der Waals surface area contributed by atoms with Crippen molar-refractivity contribution in [2.24, 2.45) is 0 Å². The van der Waals surface area contributed by atoms with Crippen molar-refractivity contribution in [1.82, 2.24) is 20.5 Å². The number of fused-ring (bicyclic) bond motifs is 5. The van der Waals surface area contributed by atoms with Gasteiger partial charge in [0.05, 0.1) is 17.2 Å². The summed E-state index contributed by atoms with van der Waals surface area (Å²) >= 11 is 0. The summed E-state index contributed by atoms with van der Waals surface area (Å²) in [5.41, 5.74) is 18.6. The molecule has 1 fully saturated rings. The van der Waals surface area contributed by atoms with E-state index in [0.29, 0.717) is 6.67 Å². The van der Waals surface area contributed by atoms with Crippen LogP contribution in [-0.4, -0.2) is 11.2 Å². The first-order valence-electron chi connectivity index (χ1n) is 28.9. The highest BCUT2D eigenvalue weighted by Gasteiger charge is 2.39. The van der Waals surface area contributed by atoms with Crippen molar-refractivity contribution >= 4 is 43.7 Å². The third-order valence-corrected chi connectivity index (χ3v) is 15.3. The van der Waals surface area contributed by atoms with Gasteiger partial charge >= 0.3 is 0 Å². The number of allylic oxidation sites excluding steroid dienone is 9. The topological polar surface area (TPSA) is 41.0 Å². The normalized spacial score (nSPS) is 16.8. The smallest absolute Gasteiger partial charge is 0.124 e. The summed E-state index contributed by atoms with van der Waals surface area (Å²) in [7, 11) is 0. The zero-order valence-corrected chi connectivity index (χ0v) is 48.1. The zero-order chi connectivity index (χ0) is 56.0. The summed E-state index contributed by atoms with van der Waals surface area (Å²) in [6.45, 7) is 21.7. The van der Waals surface area contributed by atoms with Crippen molar-refractivity contribution < 1.29 is 0 Å². The Morgan fingerprint density at radius 3 is 2.10 bits per heavy atom. The van der Waals surface area contributed by atoms with Crippen LogP contribution < -0.4 is 16.0 Å². The molecule has 80 heavy (non-hydrogen) atoms. The Kier molecular flexibility index (Phi) is 18.7. The molecule has 1 aliphatic heterocycles. The molecule has 1 aliphatic carbocycles. The van der Waals surface area contributed by atoms with E-state index in [1.807, 2.05) is 46.8 Å². The fourth-order valence-electron chi connectivity index (χ4n) is 11.5. The molecule has 4 nitrogen and oxygen atoms in total. The molecule has 2 aliphatic rings. The second-order valence-corrected chi connectivity index (χ2v) is 20.2. The van der Waals surface area contributed by atoms with E-state index in [0.717, 1.165) is 40.8 Å². The number of para-hydroxylation sites is 1. The maximum atomic E-state index is 4.55. The number of rotatable bonds is 11. The van der Waals surface area contributed by atoms with Crippen LogP contribution in [0.15, 0.2) is 255 Å². The molecule has 1 aromatic heterocycles. The number of aryl methyl sites for hydroxylation is 3. The maximum Gasteiger partial charge on any atom is 0.124 e. The highest BCUT2D eigenvalue weighted by molar-refractivity contribution is 6.23. The molecule has 3 N–H and O–H groups in total. The third-order valence-electron chi connectivity index (χ3n) is 15.3. The van der Waals surface area contributed by atoms with Gasteiger partial charge in [-0.2, -0.15) is 0 Å². The fourth-order valence-corrected chi connectivity index (χ4v) is 11.5. The van der Waals surface area contributed by atoms with Crippen LogP contribution in [0.25, 0.3) is 60.5 Å². The van der Waals surface area contributed by atoms with E-state index in [2.05, 4.69) is 285 Å². The minimum Gasteiger partial charge on any atom is -0.309 e. The lowest BCUT2D eigenvalue weighted by Crippen LogP contribution is -2.65. The summed E-state index contributed by atoms with van der Waals surface area (Å²) in [5.74, 6) is 0.191. The molecule has 12 rings (SSSR count). The van der Waals surface area contributed by atoms with Gasteiger partial charge in [-0.25, -0.2) is 0 Å². The molecule has 1 saturated heterocycles. The summed E-state index contributed by atoms with van der Waals surface area (Å²) in [6, 6.07) is 75.1. The minimum atomic E-state index is -0.648. The van der Waals surface area contributed by atoms with Crippen LogP contribution in [0, 0.1) is 13.8 Å². The van der Waals surface area contributed by atoms with Crippen LogP contribution in [0.2, 0.25) is 0 Å². The van der Waals surface area contributed by atoms with Gasteiger partial charge in [-0.05, 0) is 130 Å². The number of nitrogens with one attached hydrogen (secondary N) is 3.